The molecule has 2 rings (SSSR count). The van der Waals surface area contributed by atoms with Crippen molar-refractivity contribution in [3.63, 3.8) is 0 Å². The summed E-state index contributed by atoms with van der Waals surface area (Å²) in [6.45, 7) is 7.99. The van der Waals surface area contributed by atoms with Gasteiger partial charge in [-0.15, -0.1) is 0 Å². The van der Waals surface area contributed by atoms with E-state index in [1.807, 2.05) is 12.1 Å². The van der Waals surface area contributed by atoms with E-state index >= 15 is 0 Å². The summed E-state index contributed by atoms with van der Waals surface area (Å²) in [5, 5.41) is 13.5. The minimum atomic E-state index is -0.723. The second-order valence-corrected chi connectivity index (χ2v) is 7.41. The van der Waals surface area contributed by atoms with Gasteiger partial charge in [0.25, 0.3) is 11.6 Å². The van der Waals surface area contributed by atoms with Gasteiger partial charge in [-0.25, -0.2) is 4.79 Å². The molecule has 2 aromatic rings. The van der Waals surface area contributed by atoms with Crippen molar-refractivity contribution in [3.8, 4) is 0 Å². The highest BCUT2D eigenvalue weighted by molar-refractivity contribution is 6.03. The van der Waals surface area contributed by atoms with Crippen LogP contribution in [0.2, 0.25) is 0 Å². The lowest BCUT2D eigenvalue weighted by molar-refractivity contribution is -0.384. The number of carbonyl (C=O) groups excluding carboxylic acids is 2. The first-order valence-electron chi connectivity index (χ1n) is 9.17. The van der Waals surface area contributed by atoms with Crippen molar-refractivity contribution in [2.24, 2.45) is 0 Å². The summed E-state index contributed by atoms with van der Waals surface area (Å²) in [6.07, 6.45) is 1.35. The van der Waals surface area contributed by atoms with Crippen LogP contribution in [0.3, 0.4) is 0 Å². The highest BCUT2D eigenvalue weighted by atomic mass is 16.6. The number of nitrogens with one attached hydrogen (secondary N) is 1. The van der Waals surface area contributed by atoms with Crippen LogP contribution in [0.4, 0.5) is 5.69 Å². The van der Waals surface area contributed by atoms with E-state index in [4.69, 9.17) is 4.74 Å². The molecule has 1 amide bonds. The molecule has 0 heterocycles. The van der Waals surface area contributed by atoms with E-state index in [2.05, 4.69) is 26.1 Å². The van der Waals surface area contributed by atoms with Crippen molar-refractivity contribution >= 4 is 23.6 Å². The fourth-order valence-corrected chi connectivity index (χ4v) is 2.57. The summed E-state index contributed by atoms with van der Waals surface area (Å²) < 4.78 is 5.00. The lowest BCUT2D eigenvalue weighted by Gasteiger charge is -2.19. The quantitative estimate of drug-likeness (QED) is 0.341. The van der Waals surface area contributed by atoms with Crippen LogP contribution < -0.4 is 5.32 Å². The minimum Gasteiger partial charge on any atom is -0.461 e. The van der Waals surface area contributed by atoms with Crippen LogP contribution in [0.1, 0.15) is 49.2 Å². The first kappa shape index (κ1) is 21.8. The van der Waals surface area contributed by atoms with E-state index in [1.165, 1.54) is 24.3 Å². The van der Waals surface area contributed by atoms with Crippen LogP contribution in [-0.4, -0.2) is 23.4 Å². The third kappa shape index (κ3) is 6.00. The van der Waals surface area contributed by atoms with E-state index in [1.54, 1.807) is 25.1 Å². The van der Waals surface area contributed by atoms with Crippen LogP contribution in [0.15, 0.2) is 54.2 Å². The van der Waals surface area contributed by atoms with Crippen LogP contribution in [0.25, 0.3) is 6.08 Å². The van der Waals surface area contributed by atoms with E-state index in [0.29, 0.717) is 11.1 Å². The molecule has 1 N–H and O–H groups in total. The zero-order valence-electron chi connectivity index (χ0n) is 16.9. The van der Waals surface area contributed by atoms with E-state index in [-0.39, 0.29) is 23.4 Å². The molecule has 152 valence electrons. The highest BCUT2D eigenvalue weighted by Crippen LogP contribution is 2.22. The number of nitro groups is 1. The molecule has 0 spiro atoms. The van der Waals surface area contributed by atoms with Crippen molar-refractivity contribution in [2.45, 2.75) is 33.1 Å². The van der Waals surface area contributed by atoms with Crippen LogP contribution >= 0.6 is 0 Å². The summed E-state index contributed by atoms with van der Waals surface area (Å²) >= 11 is 0. The highest BCUT2D eigenvalue weighted by Gasteiger charge is 2.18. The number of hydrogen-bond donors (Lipinski definition) is 1. The molecule has 0 aliphatic heterocycles. The molecular formula is C22H24N2O5. The van der Waals surface area contributed by atoms with Gasteiger partial charge in [0.05, 0.1) is 11.5 Å². The first-order valence-corrected chi connectivity index (χ1v) is 9.17. The average molecular weight is 396 g/mol. The van der Waals surface area contributed by atoms with Crippen molar-refractivity contribution in [1.29, 1.82) is 0 Å². The van der Waals surface area contributed by atoms with Gasteiger partial charge in [-0.2, -0.15) is 0 Å². The average Bonchev–Trinajstić information content (AvgIpc) is 2.67. The molecule has 2 aromatic carbocycles. The second-order valence-electron chi connectivity index (χ2n) is 7.41. The van der Waals surface area contributed by atoms with Crippen molar-refractivity contribution in [2.75, 3.05) is 6.61 Å². The molecule has 0 saturated carbocycles. The Morgan fingerprint density at radius 1 is 1.14 bits per heavy atom. The standard InChI is InChI=1S/C22H24N2O5/c1-5-29-21(26)19(14-15-7-6-8-18(13-15)24(27)28)23-20(25)16-9-11-17(12-10-16)22(2,3)4/h6-14H,5H2,1-4H3,(H,23,25)/b19-14-. The van der Waals surface area contributed by atoms with Gasteiger partial charge in [-0.1, -0.05) is 45.0 Å². The predicted molar refractivity (Wildman–Crippen MR) is 110 cm³/mol. The molecule has 0 fully saturated rings. The molecule has 0 radical (unpaired) electrons. The van der Waals surface area contributed by atoms with Gasteiger partial charge in [0.1, 0.15) is 5.70 Å². The summed E-state index contributed by atoms with van der Waals surface area (Å²) in [6, 6.07) is 12.8. The molecule has 7 heteroatoms. The summed E-state index contributed by atoms with van der Waals surface area (Å²) in [5.41, 5.74) is 1.58. The Morgan fingerprint density at radius 2 is 1.79 bits per heavy atom. The first-order chi connectivity index (χ1) is 13.6. The van der Waals surface area contributed by atoms with E-state index in [9.17, 15) is 19.7 Å². The molecule has 0 aliphatic carbocycles. The third-order valence-electron chi connectivity index (χ3n) is 4.15. The number of benzene rings is 2. The fourth-order valence-electron chi connectivity index (χ4n) is 2.57. The van der Waals surface area contributed by atoms with E-state index < -0.39 is 16.8 Å². The number of esters is 1. The Morgan fingerprint density at radius 3 is 2.34 bits per heavy atom. The fraction of sp³-hybridized carbons (Fsp3) is 0.273. The smallest absolute Gasteiger partial charge is 0.354 e. The zero-order chi connectivity index (χ0) is 21.6. The number of amides is 1. The molecule has 29 heavy (non-hydrogen) atoms. The Hall–Kier alpha value is -3.48. The van der Waals surface area contributed by atoms with E-state index in [0.717, 1.165) is 5.56 Å². The summed E-state index contributed by atoms with van der Waals surface area (Å²) in [5.74, 6) is -1.20. The maximum absolute atomic E-state index is 12.6. The number of carbonyl (C=O) groups is 2. The lowest BCUT2D eigenvalue weighted by atomic mass is 9.87. The van der Waals surface area contributed by atoms with Gasteiger partial charge in [0, 0.05) is 17.7 Å². The number of ether oxygens (including phenoxy) is 1. The van der Waals surface area contributed by atoms with Crippen LogP contribution in [-0.2, 0) is 14.9 Å². The summed E-state index contributed by atoms with van der Waals surface area (Å²) in [7, 11) is 0. The Kier molecular flexibility index (Phi) is 6.88. The molecular weight excluding hydrogens is 372 g/mol. The largest absolute Gasteiger partial charge is 0.461 e. The Balaban J connectivity index is 2.31. The SMILES string of the molecule is CCOC(=O)/C(=C/c1cccc([N+](=O)[O-])c1)NC(=O)c1ccc(C(C)(C)C)cc1. The van der Waals surface area contributed by atoms with Gasteiger partial charge < -0.3 is 10.1 Å². The predicted octanol–water partition coefficient (Wildman–Crippen LogP) is 4.23. The van der Waals surface area contributed by atoms with Gasteiger partial charge >= 0.3 is 5.97 Å². The maximum Gasteiger partial charge on any atom is 0.354 e. The van der Waals surface area contributed by atoms with Crippen molar-refractivity contribution in [3.05, 3.63) is 81.0 Å². The molecule has 7 nitrogen and oxygen atoms in total. The Bertz CT molecular complexity index is 940. The van der Waals surface area contributed by atoms with Crippen LogP contribution in [0, 0.1) is 10.1 Å². The number of non-ortho nitro benzene ring substituents is 1. The maximum atomic E-state index is 12.6. The van der Waals surface area contributed by atoms with Crippen molar-refractivity contribution in [1.82, 2.24) is 5.32 Å². The third-order valence-corrected chi connectivity index (χ3v) is 4.15. The molecule has 0 bridgehead atoms. The molecule has 0 atom stereocenters. The normalized spacial score (nSPS) is 11.7. The lowest BCUT2D eigenvalue weighted by Crippen LogP contribution is -2.28. The zero-order valence-corrected chi connectivity index (χ0v) is 16.9. The van der Waals surface area contributed by atoms with Gasteiger partial charge in [-0.05, 0) is 41.7 Å². The Labute approximate surface area is 169 Å². The molecule has 0 saturated heterocycles. The van der Waals surface area contributed by atoms with Gasteiger partial charge in [0.15, 0.2) is 0 Å². The van der Waals surface area contributed by atoms with Crippen LogP contribution in [0.5, 0.6) is 0 Å². The summed E-state index contributed by atoms with van der Waals surface area (Å²) in [4.78, 5) is 35.3. The van der Waals surface area contributed by atoms with Gasteiger partial charge in [-0.3, -0.25) is 14.9 Å². The monoisotopic (exact) mass is 396 g/mol. The van der Waals surface area contributed by atoms with Gasteiger partial charge in [0.2, 0.25) is 0 Å². The topological polar surface area (TPSA) is 98.5 Å². The molecule has 0 aromatic heterocycles. The minimum absolute atomic E-state index is 0.0486. The number of rotatable bonds is 6. The molecule has 0 unspecified atom stereocenters. The number of hydrogen-bond acceptors (Lipinski definition) is 5. The second kappa shape index (κ2) is 9.14. The number of nitro benzene ring substituents is 1. The van der Waals surface area contributed by atoms with Crippen molar-refractivity contribution < 1.29 is 19.2 Å². The molecule has 0 aliphatic rings. The number of nitrogens with zero attached hydrogens (tertiary/aromatic N) is 1.